The summed E-state index contributed by atoms with van der Waals surface area (Å²) in [6.07, 6.45) is 0.702. The Bertz CT molecular complexity index is 848. The zero-order chi connectivity index (χ0) is 20.5. The van der Waals surface area contributed by atoms with E-state index in [1.807, 2.05) is 32.0 Å². The Kier molecular flexibility index (Phi) is 5.52. The lowest BCUT2D eigenvalue weighted by Crippen LogP contribution is -2.34. The van der Waals surface area contributed by atoms with Crippen molar-refractivity contribution in [3.05, 3.63) is 47.0 Å². The fourth-order valence-corrected chi connectivity index (χ4v) is 3.66. The zero-order valence-corrected chi connectivity index (χ0v) is 16.8. The average Bonchev–Trinajstić information content (AvgIpc) is 2.67. The average molecular weight is 386 g/mol. The van der Waals surface area contributed by atoms with Crippen LogP contribution in [0.5, 0.6) is 23.0 Å². The maximum atomic E-state index is 12.0. The lowest BCUT2D eigenvalue weighted by Gasteiger charge is -2.35. The molecule has 0 aliphatic carbocycles. The molecule has 2 unspecified atom stereocenters. The van der Waals surface area contributed by atoms with E-state index in [0.29, 0.717) is 40.5 Å². The first-order valence-corrected chi connectivity index (χ1v) is 9.09. The first kappa shape index (κ1) is 20.0. The quantitative estimate of drug-likeness (QED) is 0.764. The van der Waals surface area contributed by atoms with Crippen molar-refractivity contribution >= 4 is 6.29 Å². The molecule has 3 rings (SSSR count). The Hall–Kier alpha value is -2.73. The topological polar surface area (TPSA) is 74.2 Å². The van der Waals surface area contributed by atoms with Gasteiger partial charge in [-0.05, 0) is 49.2 Å². The van der Waals surface area contributed by atoms with Crippen LogP contribution in [-0.2, 0) is 4.79 Å². The largest absolute Gasteiger partial charge is 0.493 e. The van der Waals surface area contributed by atoms with Crippen LogP contribution in [0.15, 0.2) is 30.3 Å². The summed E-state index contributed by atoms with van der Waals surface area (Å²) in [6, 6.07) is 9.00. The second-order valence-electron chi connectivity index (χ2n) is 7.45. The molecule has 0 spiro atoms. The zero-order valence-electron chi connectivity index (χ0n) is 16.8. The molecule has 6 heteroatoms. The smallest absolute Gasteiger partial charge is 0.203 e. The number of carbonyl (C=O) groups is 1. The number of ether oxygens (including phenoxy) is 4. The van der Waals surface area contributed by atoms with Gasteiger partial charge in [0.1, 0.15) is 17.6 Å². The molecular weight excluding hydrogens is 360 g/mol. The van der Waals surface area contributed by atoms with Crippen molar-refractivity contribution < 1.29 is 28.8 Å². The van der Waals surface area contributed by atoms with Crippen LogP contribution in [-0.4, -0.2) is 38.3 Å². The fraction of sp³-hybridized carbons (Fsp3) is 0.409. The minimum absolute atomic E-state index is 0.436. The first-order chi connectivity index (χ1) is 13.3. The van der Waals surface area contributed by atoms with Gasteiger partial charge < -0.3 is 28.8 Å². The molecule has 0 radical (unpaired) electrons. The number of hydrogen-bond acceptors (Lipinski definition) is 6. The van der Waals surface area contributed by atoms with Gasteiger partial charge in [-0.3, -0.25) is 0 Å². The summed E-state index contributed by atoms with van der Waals surface area (Å²) >= 11 is 0. The van der Waals surface area contributed by atoms with Crippen LogP contribution >= 0.6 is 0 Å². The summed E-state index contributed by atoms with van der Waals surface area (Å²) in [5.41, 5.74) is 1.71. The molecule has 0 aromatic heterocycles. The van der Waals surface area contributed by atoms with Crippen molar-refractivity contribution in [2.75, 3.05) is 21.3 Å². The number of rotatable bonds is 6. The Morgan fingerprint density at radius 1 is 1.07 bits per heavy atom. The van der Waals surface area contributed by atoms with Crippen LogP contribution in [0.4, 0.5) is 0 Å². The minimum Gasteiger partial charge on any atom is -0.493 e. The Balaban J connectivity index is 2.06. The normalized spacial score (nSPS) is 18.4. The van der Waals surface area contributed by atoms with Gasteiger partial charge in [0.25, 0.3) is 0 Å². The third-order valence-electron chi connectivity index (χ3n) is 5.01. The number of aliphatic hydroxyl groups excluding tert-OH is 1. The highest BCUT2D eigenvalue weighted by atomic mass is 16.5. The molecule has 6 nitrogen and oxygen atoms in total. The van der Waals surface area contributed by atoms with Crippen molar-refractivity contribution in [3.8, 4) is 23.0 Å². The van der Waals surface area contributed by atoms with Gasteiger partial charge in [-0.2, -0.15) is 0 Å². The Morgan fingerprint density at radius 3 is 2.25 bits per heavy atom. The van der Waals surface area contributed by atoms with E-state index in [2.05, 4.69) is 0 Å². The summed E-state index contributed by atoms with van der Waals surface area (Å²) in [5.74, 6) is 1.51. The molecule has 0 bridgehead atoms. The molecule has 0 amide bonds. The SMILES string of the molecule is COc1cc(C(C=O)c2ccc3c(c2)C(O)CC(C)(C)O3)cc(OC)c1OC. The second-order valence-corrected chi connectivity index (χ2v) is 7.45. The molecular formula is C22H26O6. The summed E-state index contributed by atoms with van der Waals surface area (Å²) in [5, 5.41) is 10.6. The van der Waals surface area contributed by atoms with Crippen molar-refractivity contribution in [1.29, 1.82) is 0 Å². The molecule has 1 N–H and O–H groups in total. The van der Waals surface area contributed by atoms with Gasteiger partial charge in [0.15, 0.2) is 11.5 Å². The Morgan fingerprint density at radius 2 is 1.71 bits per heavy atom. The van der Waals surface area contributed by atoms with Crippen molar-refractivity contribution in [1.82, 2.24) is 0 Å². The Labute approximate surface area is 165 Å². The number of benzene rings is 2. The predicted molar refractivity (Wildman–Crippen MR) is 105 cm³/mol. The van der Waals surface area contributed by atoms with Crippen LogP contribution in [0.2, 0.25) is 0 Å². The fourth-order valence-electron chi connectivity index (χ4n) is 3.66. The number of aldehydes is 1. The van der Waals surface area contributed by atoms with Crippen molar-refractivity contribution in [3.63, 3.8) is 0 Å². The lowest BCUT2D eigenvalue weighted by molar-refractivity contribution is -0.108. The van der Waals surface area contributed by atoms with E-state index in [-0.39, 0.29) is 0 Å². The van der Waals surface area contributed by atoms with Crippen molar-refractivity contribution in [2.45, 2.75) is 37.9 Å². The second kappa shape index (κ2) is 7.72. The summed E-state index contributed by atoms with van der Waals surface area (Å²) in [6.45, 7) is 3.88. The third kappa shape index (κ3) is 3.64. The van der Waals surface area contributed by atoms with E-state index < -0.39 is 17.6 Å². The minimum atomic E-state index is -0.647. The summed E-state index contributed by atoms with van der Waals surface area (Å²) in [7, 11) is 4.60. The van der Waals surface area contributed by atoms with E-state index in [4.69, 9.17) is 18.9 Å². The number of methoxy groups -OCH3 is 3. The molecule has 2 atom stereocenters. The molecule has 28 heavy (non-hydrogen) atoms. The van der Waals surface area contributed by atoms with Gasteiger partial charge in [-0.1, -0.05) is 6.07 Å². The molecule has 2 aromatic carbocycles. The molecule has 0 fully saturated rings. The number of aliphatic hydroxyl groups is 1. The predicted octanol–water partition coefficient (Wildman–Crippen LogP) is 3.64. The van der Waals surface area contributed by atoms with Gasteiger partial charge in [0.2, 0.25) is 5.75 Å². The molecule has 1 aliphatic heterocycles. The number of carbonyl (C=O) groups excluding carboxylic acids is 1. The highest BCUT2D eigenvalue weighted by Crippen LogP contribution is 2.43. The van der Waals surface area contributed by atoms with E-state index in [0.717, 1.165) is 11.8 Å². The van der Waals surface area contributed by atoms with E-state index >= 15 is 0 Å². The summed E-state index contributed by atoms with van der Waals surface area (Å²) in [4.78, 5) is 12.0. The standard InChI is InChI=1S/C22H26O6/c1-22(2)11-17(24)15-8-13(6-7-18(15)28-22)16(12-23)14-9-19(25-3)21(27-5)20(10-14)26-4/h6-10,12,16-17,24H,11H2,1-5H3. The molecule has 1 aliphatic rings. The van der Waals surface area contributed by atoms with Gasteiger partial charge in [-0.15, -0.1) is 0 Å². The van der Waals surface area contributed by atoms with Crippen LogP contribution in [0.1, 0.15) is 49.0 Å². The third-order valence-corrected chi connectivity index (χ3v) is 5.01. The molecule has 0 saturated carbocycles. The molecule has 1 heterocycles. The van der Waals surface area contributed by atoms with Crippen molar-refractivity contribution in [2.24, 2.45) is 0 Å². The number of hydrogen-bond donors (Lipinski definition) is 1. The molecule has 150 valence electrons. The van der Waals surface area contributed by atoms with Gasteiger partial charge >= 0.3 is 0 Å². The number of fused-ring (bicyclic) bond motifs is 1. The van der Waals surface area contributed by atoms with Gasteiger partial charge in [0, 0.05) is 12.0 Å². The van der Waals surface area contributed by atoms with E-state index in [1.54, 1.807) is 12.1 Å². The van der Waals surface area contributed by atoms with Gasteiger partial charge in [-0.25, -0.2) is 0 Å². The lowest BCUT2D eigenvalue weighted by atomic mass is 9.86. The van der Waals surface area contributed by atoms with Gasteiger partial charge in [0.05, 0.1) is 33.4 Å². The van der Waals surface area contributed by atoms with Crippen LogP contribution in [0, 0.1) is 0 Å². The first-order valence-electron chi connectivity index (χ1n) is 9.09. The monoisotopic (exact) mass is 386 g/mol. The molecule has 2 aromatic rings. The highest BCUT2D eigenvalue weighted by molar-refractivity contribution is 5.71. The molecule has 0 saturated heterocycles. The maximum absolute atomic E-state index is 12.0. The van der Waals surface area contributed by atoms with Crippen LogP contribution in [0.3, 0.4) is 0 Å². The van der Waals surface area contributed by atoms with E-state index in [1.165, 1.54) is 21.3 Å². The highest BCUT2D eigenvalue weighted by Gasteiger charge is 2.33. The van der Waals surface area contributed by atoms with Crippen LogP contribution < -0.4 is 18.9 Å². The maximum Gasteiger partial charge on any atom is 0.203 e. The van der Waals surface area contributed by atoms with E-state index in [9.17, 15) is 9.90 Å². The van der Waals surface area contributed by atoms with Crippen LogP contribution in [0.25, 0.3) is 0 Å². The summed E-state index contributed by atoms with van der Waals surface area (Å²) < 4.78 is 22.1.